The number of anilines is 1. The summed E-state index contributed by atoms with van der Waals surface area (Å²) >= 11 is 0.986. The Labute approximate surface area is 164 Å². The predicted molar refractivity (Wildman–Crippen MR) is 113 cm³/mol. The highest BCUT2D eigenvalue weighted by Crippen LogP contribution is 2.31. The molecule has 1 fully saturated rings. The minimum atomic E-state index is -0.238. The minimum absolute atomic E-state index is 0.226. The Morgan fingerprint density at radius 1 is 1.00 bits per heavy atom. The molecule has 3 rings (SSSR count). The van der Waals surface area contributed by atoms with Crippen LogP contribution in [0.2, 0.25) is 0 Å². The first kappa shape index (κ1) is 19.0. The van der Waals surface area contributed by atoms with E-state index in [0.717, 1.165) is 34.1 Å². The Bertz CT molecular complexity index is 897. The lowest BCUT2D eigenvalue weighted by Crippen LogP contribution is -2.27. The molecule has 138 valence electrons. The van der Waals surface area contributed by atoms with Gasteiger partial charge in [-0.1, -0.05) is 54.1 Å². The summed E-state index contributed by atoms with van der Waals surface area (Å²) in [4.78, 5) is 28.5. The summed E-state index contributed by atoms with van der Waals surface area (Å²) in [5.41, 5.74) is 4.26. The monoisotopic (exact) mass is 378 g/mol. The highest BCUT2D eigenvalue weighted by atomic mass is 32.2. The van der Waals surface area contributed by atoms with E-state index < -0.39 is 0 Å². The first-order valence-corrected chi connectivity index (χ1v) is 9.50. The summed E-state index contributed by atoms with van der Waals surface area (Å²) in [6, 6.07) is 16.0. The fourth-order valence-corrected chi connectivity index (χ4v) is 3.45. The molecule has 4 nitrogen and oxygen atoms in total. The predicted octanol–water partition coefficient (Wildman–Crippen LogP) is 4.85. The van der Waals surface area contributed by atoms with Crippen LogP contribution in [0.1, 0.15) is 16.7 Å². The van der Waals surface area contributed by atoms with E-state index in [1.54, 1.807) is 6.08 Å². The zero-order valence-corrected chi connectivity index (χ0v) is 16.5. The van der Waals surface area contributed by atoms with E-state index in [0.29, 0.717) is 11.4 Å². The fraction of sp³-hybridized carbons (Fsp3) is 0.182. The Morgan fingerprint density at radius 3 is 2.30 bits per heavy atom. The molecule has 0 spiro atoms. The van der Waals surface area contributed by atoms with E-state index in [1.807, 2.05) is 86.6 Å². The van der Waals surface area contributed by atoms with Gasteiger partial charge in [-0.2, -0.15) is 0 Å². The average Bonchev–Trinajstić information content (AvgIpc) is 2.91. The Kier molecular flexibility index (Phi) is 5.81. The third kappa shape index (κ3) is 4.68. The number of benzene rings is 2. The highest BCUT2D eigenvalue weighted by Gasteiger charge is 2.34. The zero-order valence-electron chi connectivity index (χ0n) is 15.7. The molecular formula is C22H22N2O2S. The van der Waals surface area contributed by atoms with Gasteiger partial charge in [0.05, 0.1) is 11.4 Å². The van der Waals surface area contributed by atoms with Crippen LogP contribution in [0.25, 0.3) is 6.08 Å². The second-order valence-corrected chi connectivity index (χ2v) is 7.61. The van der Waals surface area contributed by atoms with Gasteiger partial charge < -0.3 is 4.90 Å². The van der Waals surface area contributed by atoms with Crippen molar-refractivity contribution in [3.8, 4) is 0 Å². The summed E-state index contributed by atoms with van der Waals surface area (Å²) in [5, 5.41) is -0.226. The molecule has 2 amide bonds. The number of allylic oxidation sites excluding steroid dienone is 2. The van der Waals surface area contributed by atoms with Crippen LogP contribution in [0.4, 0.5) is 10.5 Å². The van der Waals surface area contributed by atoms with Gasteiger partial charge in [0.25, 0.3) is 11.1 Å². The number of hydrogen-bond acceptors (Lipinski definition) is 4. The third-order valence-corrected chi connectivity index (χ3v) is 5.21. The average molecular weight is 378 g/mol. The quantitative estimate of drug-likeness (QED) is 0.697. The maximum atomic E-state index is 12.5. The van der Waals surface area contributed by atoms with Gasteiger partial charge in [-0.15, -0.1) is 0 Å². The first-order chi connectivity index (χ1) is 12.9. The molecule has 0 aliphatic carbocycles. The molecule has 0 N–H and O–H groups in total. The largest absolute Gasteiger partial charge is 0.378 e. The highest BCUT2D eigenvalue weighted by molar-refractivity contribution is 8.18. The number of hydrogen-bond donors (Lipinski definition) is 0. The number of amides is 2. The number of carbonyl (C=O) groups is 2. The molecule has 0 radical (unpaired) electrons. The molecular weight excluding hydrogens is 356 g/mol. The smallest absolute Gasteiger partial charge is 0.293 e. The van der Waals surface area contributed by atoms with E-state index in [2.05, 4.69) is 0 Å². The van der Waals surface area contributed by atoms with Crippen molar-refractivity contribution in [3.05, 3.63) is 82.3 Å². The lowest BCUT2D eigenvalue weighted by molar-refractivity contribution is -0.123. The molecule has 2 aromatic carbocycles. The number of rotatable bonds is 5. The standard InChI is InChI=1S/C22H22N2O2S/c1-16-7-9-18(10-8-16)15-24-21(25)20(27-22(24)26)6-4-5-17-11-13-19(14-12-17)23(2)3/h4-14H,15H2,1-3H3/b5-4+,20-6-. The molecule has 1 heterocycles. The van der Waals surface area contributed by atoms with Gasteiger partial charge >= 0.3 is 0 Å². The normalized spacial score (nSPS) is 16.0. The maximum Gasteiger partial charge on any atom is 0.293 e. The van der Waals surface area contributed by atoms with E-state index in [4.69, 9.17) is 0 Å². The van der Waals surface area contributed by atoms with Crippen LogP contribution in [-0.4, -0.2) is 30.1 Å². The lowest BCUT2D eigenvalue weighted by Gasteiger charge is -2.12. The first-order valence-electron chi connectivity index (χ1n) is 8.69. The van der Waals surface area contributed by atoms with Crippen LogP contribution in [-0.2, 0) is 11.3 Å². The van der Waals surface area contributed by atoms with E-state index in [-0.39, 0.29) is 11.1 Å². The van der Waals surface area contributed by atoms with Crippen LogP contribution in [0.15, 0.2) is 65.6 Å². The number of nitrogens with zero attached hydrogens (tertiary/aromatic N) is 2. The SMILES string of the molecule is Cc1ccc(CN2C(=O)S/C(=C\C=C\c3ccc(N(C)C)cc3)C2=O)cc1. The number of thioether (sulfide) groups is 1. The van der Waals surface area contributed by atoms with Gasteiger partial charge in [-0.05, 0) is 48.0 Å². The second-order valence-electron chi connectivity index (χ2n) is 6.62. The second kappa shape index (κ2) is 8.27. The van der Waals surface area contributed by atoms with Crippen molar-refractivity contribution in [2.75, 3.05) is 19.0 Å². The maximum absolute atomic E-state index is 12.5. The Morgan fingerprint density at radius 2 is 1.67 bits per heavy atom. The summed E-state index contributed by atoms with van der Waals surface area (Å²) in [6.07, 6.45) is 5.45. The summed E-state index contributed by atoms with van der Waals surface area (Å²) in [5.74, 6) is -0.238. The molecule has 5 heteroatoms. The number of imide groups is 1. The van der Waals surface area contributed by atoms with Gasteiger partial charge in [0.1, 0.15) is 0 Å². The van der Waals surface area contributed by atoms with Crippen molar-refractivity contribution in [2.24, 2.45) is 0 Å². The number of aryl methyl sites for hydroxylation is 1. The Hall–Kier alpha value is -2.79. The van der Waals surface area contributed by atoms with Crippen molar-refractivity contribution in [1.29, 1.82) is 0 Å². The van der Waals surface area contributed by atoms with Crippen LogP contribution in [0.5, 0.6) is 0 Å². The molecule has 27 heavy (non-hydrogen) atoms. The topological polar surface area (TPSA) is 40.6 Å². The molecule has 1 aliphatic rings. The fourth-order valence-electron chi connectivity index (χ4n) is 2.66. The van der Waals surface area contributed by atoms with Crippen molar-refractivity contribution in [3.63, 3.8) is 0 Å². The van der Waals surface area contributed by atoms with E-state index in [9.17, 15) is 9.59 Å². The van der Waals surface area contributed by atoms with Crippen molar-refractivity contribution in [2.45, 2.75) is 13.5 Å². The van der Waals surface area contributed by atoms with Crippen LogP contribution >= 0.6 is 11.8 Å². The minimum Gasteiger partial charge on any atom is -0.378 e. The van der Waals surface area contributed by atoms with E-state index in [1.165, 1.54) is 4.90 Å². The lowest BCUT2D eigenvalue weighted by atomic mass is 10.1. The molecule has 2 aromatic rings. The summed E-state index contributed by atoms with van der Waals surface area (Å²) < 4.78 is 0. The van der Waals surface area contributed by atoms with Gasteiger partial charge in [0.2, 0.25) is 0 Å². The molecule has 1 saturated heterocycles. The van der Waals surface area contributed by atoms with Crippen molar-refractivity contribution >= 4 is 34.7 Å². The molecule has 0 unspecified atom stereocenters. The van der Waals surface area contributed by atoms with E-state index >= 15 is 0 Å². The van der Waals surface area contributed by atoms with Gasteiger partial charge in [-0.3, -0.25) is 14.5 Å². The Balaban J connectivity index is 1.67. The van der Waals surface area contributed by atoms with Crippen LogP contribution < -0.4 is 4.90 Å². The molecule has 0 atom stereocenters. The molecule has 0 bridgehead atoms. The van der Waals surface area contributed by atoms with Crippen LogP contribution in [0, 0.1) is 6.92 Å². The molecule has 0 saturated carbocycles. The molecule has 1 aliphatic heterocycles. The summed E-state index contributed by atoms with van der Waals surface area (Å²) in [6.45, 7) is 2.31. The van der Waals surface area contributed by atoms with Gasteiger partial charge in [0.15, 0.2) is 0 Å². The van der Waals surface area contributed by atoms with Crippen molar-refractivity contribution < 1.29 is 9.59 Å². The summed E-state index contributed by atoms with van der Waals surface area (Å²) in [7, 11) is 4.00. The van der Waals surface area contributed by atoms with Crippen LogP contribution in [0.3, 0.4) is 0 Å². The zero-order chi connectivity index (χ0) is 19.4. The number of carbonyl (C=O) groups excluding carboxylic acids is 2. The third-order valence-electron chi connectivity index (χ3n) is 4.28. The van der Waals surface area contributed by atoms with Gasteiger partial charge in [-0.25, -0.2) is 0 Å². The van der Waals surface area contributed by atoms with Gasteiger partial charge in [0, 0.05) is 19.8 Å². The van der Waals surface area contributed by atoms with Crippen molar-refractivity contribution in [1.82, 2.24) is 4.90 Å². The molecule has 0 aromatic heterocycles.